The molecule has 0 saturated carbocycles. The van der Waals surface area contributed by atoms with E-state index in [4.69, 9.17) is 37.6 Å². The largest absolute Gasteiger partial charge is 0.488 e. The first kappa shape index (κ1) is 67.7. The third-order valence-electron chi connectivity index (χ3n) is 15.9. The van der Waals surface area contributed by atoms with E-state index in [1.165, 1.54) is 58.3 Å². The molecular formula is C73H96O11Si. The highest BCUT2D eigenvalue weighted by Crippen LogP contribution is 2.39. The molecule has 0 amide bonds. The van der Waals surface area contributed by atoms with Crippen LogP contribution >= 0.6 is 0 Å². The molecule has 5 atom stereocenters. The zero-order valence-electron chi connectivity index (χ0n) is 51.9. The molecule has 0 aromatic heterocycles. The van der Waals surface area contributed by atoms with Crippen LogP contribution in [0, 0.1) is 0 Å². The van der Waals surface area contributed by atoms with Gasteiger partial charge >= 0.3 is 17.9 Å². The molecule has 0 fully saturated rings. The Kier molecular flexibility index (Phi) is 29.6. The Morgan fingerprint density at radius 1 is 0.482 bits per heavy atom. The summed E-state index contributed by atoms with van der Waals surface area (Å²) >= 11 is 0. The number of benzene rings is 6. The number of carbonyl (C=O) groups is 3. The molecule has 0 spiro atoms. The Balaban J connectivity index is 0.962. The van der Waals surface area contributed by atoms with Crippen molar-refractivity contribution in [2.24, 2.45) is 0 Å². The van der Waals surface area contributed by atoms with Gasteiger partial charge in [-0.2, -0.15) is 0 Å². The molecule has 0 bridgehead atoms. The lowest BCUT2D eigenvalue weighted by molar-refractivity contribution is -0.204. The molecule has 85 heavy (non-hydrogen) atoms. The number of carbonyl (C=O) groups excluding carboxylic acids is 3. The average molecular weight is 1180 g/mol. The number of esters is 3. The highest BCUT2D eigenvalue weighted by atomic mass is 28.4. The summed E-state index contributed by atoms with van der Waals surface area (Å²) in [6.07, 6.45) is 11.5. The van der Waals surface area contributed by atoms with E-state index in [-0.39, 0.29) is 37.4 Å². The van der Waals surface area contributed by atoms with E-state index in [0.717, 1.165) is 71.9 Å². The van der Waals surface area contributed by atoms with Gasteiger partial charge < -0.3 is 37.6 Å². The Bertz CT molecular complexity index is 2790. The maximum atomic E-state index is 14.6. The van der Waals surface area contributed by atoms with Crippen LogP contribution in [0.4, 0.5) is 0 Å². The zero-order chi connectivity index (χ0) is 60.5. The minimum atomic E-state index is -2.54. The average Bonchev–Trinajstić information content (AvgIpc) is 3.70. The van der Waals surface area contributed by atoms with Gasteiger partial charge in [0.25, 0.3) is 0 Å². The SMILES string of the molecule is CC(=O)O[C@H](C(=O)O[C@H](C)CCCCCCCCCCCCCCCc1cccc(OCc2ccccc2)c1C(=O)OCc1ccccc1)[C@@H](OCc1ccccc1)[C@H](OCc1ccccc1)[C@@H](COCc1ccccc1)O[Si](C)(C)C(C)(C)C. The summed E-state index contributed by atoms with van der Waals surface area (Å²) in [4.78, 5) is 41.3. The number of ether oxygens (including phenoxy) is 7. The second kappa shape index (κ2) is 37.2. The number of hydrogen-bond acceptors (Lipinski definition) is 11. The van der Waals surface area contributed by atoms with Crippen molar-refractivity contribution in [2.45, 2.75) is 213 Å². The van der Waals surface area contributed by atoms with Crippen LogP contribution in [-0.2, 0) is 81.9 Å². The van der Waals surface area contributed by atoms with Crippen LogP contribution in [0.5, 0.6) is 5.75 Å². The molecular weight excluding hydrogens is 1080 g/mol. The molecule has 0 aliphatic heterocycles. The third kappa shape index (κ3) is 24.8. The van der Waals surface area contributed by atoms with Crippen LogP contribution in [0.3, 0.4) is 0 Å². The fourth-order valence-electron chi connectivity index (χ4n) is 10.0. The van der Waals surface area contributed by atoms with Crippen LogP contribution in [0.2, 0.25) is 18.1 Å². The van der Waals surface area contributed by atoms with Gasteiger partial charge in [-0.05, 0) is 90.2 Å². The zero-order valence-corrected chi connectivity index (χ0v) is 52.9. The van der Waals surface area contributed by atoms with Crippen molar-refractivity contribution in [3.8, 4) is 5.75 Å². The van der Waals surface area contributed by atoms with E-state index in [1.54, 1.807) is 0 Å². The molecule has 0 saturated heterocycles. The lowest BCUT2D eigenvalue weighted by Crippen LogP contribution is -2.57. The number of hydrogen-bond donors (Lipinski definition) is 0. The lowest BCUT2D eigenvalue weighted by Gasteiger charge is -2.43. The van der Waals surface area contributed by atoms with Crippen molar-refractivity contribution < 1.29 is 52.0 Å². The fraction of sp³-hybridized carbons (Fsp3) is 0.466. The fourth-order valence-corrected chi connectivity index (χ4v) is 11.3. The van der Waals surface area contributed by atoms with E-state index in [2.05, 4.69) is 33.9 Å². The molecule has 0 radical (unpaired) electrons. The lowest BCUT2D eigenvalue weighted by atomic mass is 9.99. The molecule has 0 aliphatic carbocycles. The maximum absolute atomic E-state index is 14.6. The summed E-state index contributed by atoms with van der Waals surface area (Å²) in [6.45, 7) is 15.4. The summed E-state index contributed by atoms with van der Waals surface area (Å²) in [5, 5.41) is -0.185. The smallest absolute Gasteiger partial charge is 0.350 e. The van der Waals surface area contributed by atoms with Gasteiger partial charge in [-0.25, -0.2) is 9.59 Å². The van der Waals surface area contributed by atoms with E-state index in [1.807, 2.05) is 177 Å². The molecule has 6 aromatic rings. The molecule has 0 N–H and O–H groups in total. The summed E-state index contributed by atoms with van der Waals surface area (Å²) in [7, 11) is -2.54. The van der Waals surface area contributed by atoms with Crippen LogP contribution in [-0.4, -0.2) is 63.4 Å². The molecule has 458 valence electrons. The topological polar surface area (TPSA) is 125 Å². The first-order valence-corrected chi connectivity index (χ1v) is 34.1. The summed E-state index contributed by atoms with van der Waals surface area (Å²) in [5.41, 5.74) is 6.28. The van der Waals surface area contributed by atoms with E-state index in [0.29, 0.717) is 30.9 Å². The number of aryl methyl sites for hydroxylation is 1. The molecule has 6 rings (SSSR count). The first-order valence-electron chi connectivity index (χ1n) is 31.1. The van der Waals surface area contributed by atoms with Crippen molar-refractivity contribution >= 4 is 26.2 Å². The van der Waals surface area contributed by atoms with E-state index >= 15 is 0 Å². The molecule has 0 unspecified atom stereocenters. The number of rotatable bonds is 40. The highest BCUT2D eigenvalue weighted by molar-refractivity contribution is 6.74. The van der Waals surface area contributed by atoms with Crippen LogP contribution in [0.15, 0.2) is 170 Å². The van der Waals surface area contributed by atoms with Crippen molar-refractivity contribution in [3.63, 3.8) is 0 Å². The first-order chi connectivity index (χ1) is 41.2. The number of unbranched alkanes of at least 4 members (excludes halogenated alkanes) is 12. The van der Waals surface area contributed by atoms with Gasteiger partial charge in [-0.15, -0.1) is 0 Å². The Hall–Kier alpha value is -6.41. The second-order valence-corrected chi connectivity index (χ2v) is 28.7. The van der Waals surface area contributed by atoms with Gasteiger partial charge in [0.15, 0.2) is 8.32 Å². The molecule has 0 heterocycles. The predicted octanol–water partition coefficient (Wildman–Crippen LogP) is 17.3. The Labute approximate surface area is 509 Å². The monoisotopic (exact) mass is 1180 g/mol. The van der Waals surface area contributed by atoms with Gasteiger partial charge in [0.05, 0.1) is 38.6 Å². The van der Waals surface area contributed by atoms with Gasteiger partial charge in [-0.3, -0.25) is 4.79 Å². The Morgan fingerprint density at radius 3 is 1.40 bits per heavy atom. The molecule has 12 heteroatoms. The van der Waals surface area contributed by atoms with Gasteiger partial charge in [-0.1, -0.05) is 255 Å². The molecule has 11 nitrogen and oxygen atoms in total. The van der Waals surface area contributed by atoms with Crippen LogP contribution in [0.1, 0.15) is 168 Å². The quantitative estimate of drug-likeness (QED) is 0.0158. The highest BCUT2D eigenvalue weighted by Gasteiger charge is 2.48. The predicted molar refractivity (Wildman–Crippen MR) is 340 cm³/mol. The summed E-state index contributed by atoms with van der Waals surface area (Å²) in [6, 6.07) is 55.1. The van der Waals surface area contributed by atoms with Crippen LogP contribution in [0.25, 0.3) is 0 Å². The standard InChI is InChI=1S/C73H96O11Si/c1-57(37-24-17-15-13-11-9-8-10-12-14-16-18-35-48-64-49-36-50-65(78-52-60-40-27-20-28-41-60)67(64)71(75)81-55-63-46-33-23-34-47-63)82-72(76)70(83-58(2)74)69(80-54-62-44-31-22-32-45-62)68(79-53-61-42-29-21-30-43-61)66(84-85(6,7)73(3,4)5)56-77-51-59-38-25-19-26-39-59/h19-23,25-34,36,38-47,49-50,57,66,68-70H,8-18,24,35,37,48,51-56H2,1-7H3/t57-,66-,68-,69+,70+/m1/s1. The van der Waals surface area contributed by atoms with Crippen LogP contribution < -0.4 is 4.74 Å². The summed E-state index contributed by atoms with van der Waals surface area (Å²) in [5.74, 6) is -1.12. The van der Waals surface area contributed by atoms with E-state index < -0.39 is 50.8 Å². The second-order valence-electron chi connectivity index (χ2n) is 24.0. The van der Waals surface area contributed by atoms with Crippen molar-refractivity contribution in [1.29, 1.82) is 0 Å². The van der Waals surface area contributed by atoms with Gasteiger partial charge in [0, 0.05) is 6.92 Å². The molecule has 6 aromatic carbocycles. The van der Waals surface area contributed by atoms with Crippen molar-refractivity contribution in [2.75, 3.05) is 6.61 Å². The minimum absolute atomic E-state index is 0.110. The summed E-state index contributed by atoms with van der Waals surface area (Å²) < 4.78 is 51.6. The van der Waals surface area contributed by atoms with Gasteiger partial charge in [0.1, 0.15) is 36.7 Å². The normalized spacial score (nSPS) is 13.5. The molecule has 0 aliphatic rings. The van der Waals surface area contributed by atoms with Crippen molar-refractivity contribution in [3.05, 3.63) is 209 Å². The van der Waals surface area contributed by atoms with Gasteiger partial charge in [0.2, 0.25) is 6.10 Å². The minimum Gasteiger partial charge on any atom is -0.488 e. The third-order valence-corrected chi connectivity index (χ3v) is 20.4. The Morgan fingerprint density at radius 2 is 0.918 bits per heavy atom. The van der Waals surface area contributed by atoms with E-state index in [9.17, 15) is 14.4 Å². The van der Waals surface area contributed by atoms with Crippen molar-refractivity contribution in [1.82, 2.24) is 0 Å². The maximum Gasteiger partial charge on any atom is 0.350 e.